The summed E-state index contributed by atoms with van der Waals surface area (Å²) in [5.41, 5.74) is 2.93. The minimum Gasteiger partial charge on any atom is -0.486 e. The lowest BCUT2D eigenvalue weighted by molar-refractivity contribution is 0.289. The standard InChI is InChI=1S/C18H22FNO/c1-13-5-4-6-17(18(13)19)21-12-15-7-9-16(10-8-15)14(2)11-20-3/h4-10,14,20H,11-12H2,1-3H3. The Morgan fingerprint density at radius 2 is 1.86 bits per heavy atom. The summed E-state index contributed by atoms with van der Waals surface area (Å²) in [5.74, 6) is 0.499. The summed E-state index contributed by atoms with van der Waals surface area (Å²) in [4.78, 5) is 0. The molecule has 21 heavy (non-hydrogen) atoms. The lowest BCUT2D eigenvalue weighted by Gasteiger charge is -2.12. The Morgan fingerprint density at radius 1 is 1.14 bits per heavy atom. The Bertz CT molecular complexity index is 580. The normalized spacial score (nSPS) is 12.2. The summed E-state index contributed by atoms with van der Waals surface area (Å²) in [6, 6.07) is 13.5. The molecule has 2 aromatic rings. The van der Waals surface area contributed by atoms with E-state index in [0.717, 1.165) is 12.1 Å². The largest absolute Gasteiger partial charge is 0.486 e. The van der Waals surface area contributed by atoms with E-state index in [0.29, 0.717) is 23.8 Å². The van der Waals surface area contributed by atoms with E-state index >= 15 is 0 Å². The quantitative estimate of drug-likeness (QED) is 0.866. The van der Waals surface area contributed by atoms with Crippen molar-refractivity contribution in [3.05, 3.63) is 65.0 Å². The zero-order valence-corrected chi connectivity index (χ0v) is 12.8. The number of nitrogens with one attached hydrogen (secondary N) is 1. The van der Waals surface area contributed by atoms with Crippen molar-refractivity contribution in [1.29, 1.82) is 0 Å². The summed E-state index contributed by atoms with van der Waals surface area (Å²) in [7, 11) is 1.95. The Balaban J connectivity index is 1.99. The number of halogens is 1. The van der Waals surface area contributed by atoms with Crippen LogP contribution in [0, 0.1) is 12.7 Å². The third-order valence-electron chi connectivity index (χ3n) is 3.61. The van der Waals surface area contributed by atoms with Gasteiger partial charge in [0, 0.05) is 6.54 Å². The number of rotatable bonds is 6. The van der Waals surface area contributed by atoms with Crippen molar-refractivity contribution in [2.45, 2.75) is 26.4 Å². The van der Waals surface area contributed by atoms with Crippen molar-refractivity contribution in [3.63, 3.8) is 0 Å². The number of aryl methyl sites for hydroxylation is 1. The van der Waals surface area contributed by atoms with Gasteiger partial charge in [-0.1, -0.05) is 43.3 Å². The predicted molar refractivity (Wildman–Crippen MR) is 84.3 cm³/mol. The van der Waals surface area contributed by atoms with E-state index in [9.17, 15) is 4.39 Å². The Labute approximate surface area is 126 Å². The molecule has 0 saturated heterocycles. The van der Waals surface area contributed by atoms with Gasteiger partial charge < -0.3 is 10.1 Å². The second-order valence-electron chi connectivity index (χ2n) is 5.38. The number of likely N-dealkylation sites (N-methyl/N-ethyl adjacent to an activating group) is 1. The zero-order chi connectivity index (χ0) is 15.2. The summed E-state index contributed by atoms with van der Waals surface area (Å²) in [6.45, 7) is 5.25. The van der Waals surface area contributed by atoms with Gasteiger partial charge in [0.2, 0.25) is 0 Å². The van der Waals surface area contributed by atoms with Gasteiger partial charge in [-0.25, -0.2) is 4.39 Å². The minimum absolute atomic E-state index is 0.281. The summed E-state index contributed by atoms with van der Waals surface area (Å²) in [6.07, 6.45) is 0. The van der Waals surface area contributed by atoms with Crippen LogP contribution in [0.1, 0.15) is 29.5 Å². The van der Waals surface area contributed by atoms with Crippen molar-refractivity contribution in [3.8, 4) is 5.75 Å². The van der Waals surface area contributed by atoms with Gasteiger partial charge >= 0.3 is 0 Å². The molecule has 0 aromatic heterocycles. The lowest BCUT2D eigenvalue weighted by Crippen LogP contribution is -2.14. The maximum atomic E-state index is 13.8. The summed E-state index contributed by atoms with van der Waals surface area (Å²) >= 11 is 0. The smallest absolute Gasteiger partial charge is 0.167 e. The van der Waals surface area contributed by atoms with Crippen LogP contribution < -0.4 is 10.1 Å². The molecule has 0 bridgehead atoms. The van der Waals surface area contributed by atoms with Gasteiger partial charge in [-0.2, -0.15) is 0 Å². The van der Waals surface area contributed by atoms with Gasteiger partial charge in [-0.3, -0.25) is 0 Å². The topological polar surface area (TPSA) is 21.3 Å². The Morgan fingerprint density at radius 3 is 2.52 bits per heavy atom. The Kier molecular flexibility index (Phi) is 5.34. The average molecular weight is 287 g/mol. The van der Waals surface area contributed by atoms with Crippen LogP contribution in [0.15, 0.2) is 42.5 Å². The van der Waals surface area contributed by atoms with Crippen molar-refractivity contribution in [2.24, 2.45) is 0 Å². The van der Waals surface area contributed by atoms with Gasteiger partial charge in [-0.15, -0.1) is 0 Å². The second kappa shape index (κ2) is 7.23. The highest BCUT2D eigenvalue weighted by atomic mass is 19.1. The molecule has 1 N–H and O–H groups in total. The number of hydrogen-bond donors (Lipinski definition) is 1. The summed E-state index contributed by atoms with van der Waals surface area (Å²) in [5, 5.41) is 3.17. The molecule has 112 valence electrons. The molecule has 2 nitrogen and oxygen atoms in total. The SMILES string of the molecule is CNCC(C)c1ccc(COc2cccc(C)c2F)cc1. The molecule has 1 atom stereocenters. The number of hydrogen-bond acceptors (Lipinski definition) is 2. The molecule has 1 unspecified atom stereocenters. The molecule has 0 aliphatic carbocycles. The highest BCUT2D eigenvalue weighted by Crippen LogP contribution is 2.21. The van der Waals surface area contributed by atoms with Crippen LogP contribution in [0.3, 0.4) is 0 Å². The van der Waals surface area contributed by atoms with E-state index in [2.05, 4.69) is 24.4 Å². The van der Waals surface area contributed by atoms with E-state index in [1.165, 1.54) is 5.56 Å². The van der Waals surface area contributed by atoms with E-state index in [4.69, 9.17) is 4.74 Å². The van der Waals surface area contributed by atoms with Crippen LogP contribution in [0.5, 0.6) is 5.75 Å². The molecule has 0 saturated carbocycles. The average Bonchev–Trinajstić information content (AvgIpc) is 2.49. The molecular weight excluding hydrogens is 265 g/mol. The molecule has 0 radical (unpaired) electrons. The van der Waals surface area contributed by atoms with Crippen LogP contribution in [0.4, 0.5) is 4.39 Å². The fourth-order valence-corrected chi connectivity index (χ4v) is 2.26. The molecule has 0 aliphatic heterocycles. The fraction of sp³-hybridized carbons (Fsp3) is 0.333. The highest BCUT2D eigenvalue weighted by Gasteiger charge is 2.07. The molecular formula is C18H22FNO. The van der Waals surface area contributed by atoms with Gasteiger partial charge in [0.1, 0.15) is 6.61 Å². The minimum atomic E-state index is -0.281. The fourth-order valence-electron chi connectivity index (χ4n) is 2.26. The molecule has 0 fully saturated rings. The zero-order valence-electron chi connectivity index (χ0n) is 12.8. The predicted octanol–water partition coefficient (Wildman–Crippen LogP) is 4.04. The number of ether oxygens (including phenoxy) is 1. The molecule has 2 rings (SSSR count). The third-order valence-corrected chi connectivity index (χ3v) is 3.61. The van der Waals surface area contributed by atoms with Crippen LogP contribution in [-0.4, -0.2) is 13.6 Å². The molecule has 0 heterocycles. The first-order chi connectivity index (χ1) is 10.1. The van der Waals surface area contributed by atoms with Gasteiger partial charge in [0.15, 0.2) is 11.6 Å². The van der Waals surface area contributed by atoms with Crippen molar-refractivity contribution < 1.29 is 9.13 Å². The summed E-state index contributed by atoms with van der Waals surface area (Å²) < 4.78 is 19.4. The highest BCUT2D eigenvalue weighted by molar-refractivity contribution is 5.31. The first-order valence-electron chi connectivity index (χ1n) is 7.23. The van der Waals surface area contributed by atoms with Crippen LogP contribution in [0.25, 0.3) is 0 Å². The maximum absolute atomic E-state index is 13.8. The third kappa shape index (κ3) is 4.05. The van der Waals surface area contributed by atoms with Crippen LogP contribution >= 0.6 is 0 Å². The van der Waals surface area contributed by atoms with Crippen LogP contribution in [-0.2, 0) is 6.61 Å². The molecule has 0 amide bonds. The van der Waals surface area contributed by atoms with Crippen molar-refractivity contribution in [2.75, 3.05) is 13.6 Å². The maximum Gasteiger partial charge on any atom is 0.167 e. The Hall–Kier alpha value is -1.87. The second-order valence-corrected chi connectivity index (χ2v) is 5.38. The first-order valence-corrected chi connectivity index (χ1v) is 7.23. The van der Waals surface area contributed by atoms with E-state index in [1.807, 2.05) is 19.2 Å². The van der Waals surface area contributed by atoms with Gasteiger partial charge in [0.05, 0.1) is 0 Å². The molecule has 2 aromatic carbocycles. The van der Waals surface area contributed by atoms with E-state index < -0.39 is 0 Å². The van der Waals surface area contributed by atoms with Gasteiger partial charge in [-0.05, 0) is 42.6 Å². The molecule has 0 aliphatic rings. The van der Waals surface area contributed by atoms with E-state index in [-0.39, 0.29) is 5.82 Å². The monoisotopic (exact) mass is 287 g/mol. The lowest BCUT2D eigenvalue weighted by atomic mass is 10.00. The number of benzene rings is 2. The van der Waals surface area contributed by atoms with Crippen molar-refractivity contribution >= 4 is 0 Å². The molecule has 3 heteroatoms. The molecule has 0 spiro atoms. The van der Waals surface area contributed by atoms with E-state index in [1.54, 1.807) is 25.1 Å². The first kappa shape index (κ1) is 15.5. The van der Waals surface area contributed by atoms with Crippen LogP contribution in [0.2, 0.25) is 0 Å². The van der Waals surface area contributed by atoms with Gasteiger partial charge in [0.25, 0.3) is 0 Å². The van der Waals surface area contributed by atoms with Crippen molar-refractivity contribution in [1.82, 2.24) is 5.32 Å².